The number of methoxy groups -OCH3 is 1. The molecule has 0 saturated carbocycles. The first kappa shape index (κ1) is 61.4. The molecule has 84 heavy (non-hydrogen) atoms. The molecule has 21 heteroatoms. The van der Waals surface area contributed by atoms with E-state index in [-0.39, 0.29) is 54.7 Å². The van der Waals surface area contributed by atoms with Crippen molar-refractivity contribution >= 4 is 49.7 Å². The summed E-state index contributed by atoms with van der Waals surface area (Å²) in [5.74, 6) is -1.54. The Morgan fingerprint density at radius 1 is 0.560 bits per heavy atom. The molecule has 448 valence electrons. The lowest BCUT2D eigenvalue weighted by Crippen LogP contribution is -2.54. The van der Waals surface area contributed by atoms with Crippen LogP contribution in [0, 0.1) is 13.8 Å². The third-order valence-electron chi connectivity index (χ3n) is 16.4. The van der Waals surface area contributed by atoms with Crippen LogP contribution in [0.15, 0.2) is 137 Å². The molecule has 0 bridgehead atoms. The minimum absolute atomic E-state index is 0.0235. The first-order valence-electron chi connectivity index (χ1n) is 29.0. The van der Waals surface area contributed by atoms with Crippen molar-refractivity contribution in [2.75, 3.05) is 66.1 Å². The Labute approximate surface area is 493 Å². The number of nitrogens with one attached hydrogen (secondary N) is 2. The van der Waals surface area contributed by atoms with Crippen LogP contribution < -0.4 is 20.1 Å². The van der Waals surface area contributed by atoms with E-state index < -0.39 is 73.6 Å². The number of hydrogen-bond acceptors (Lipinski definition) is 14. The van der Waals surface area contributed by atoms with Gasteiger partial charge in [0.1, 0.15) is 47.9 Å². The summed E-state index contributed by atoms with van der Waals surface area (Å²) in [5.41, 5.74) is 2.92. The standard InChI is InChI=1S/C63H76N6O13S2/c1-45-16-28-52(29-17-45)83(75,76)68-36-10-14-56(68)59(71)64-54(61(73)79-3)42-47-20-24-50(25-21-47)80-41-40-66-38-32-63(33-39-66,49-12-6-4-7-13-49)82-62(74)55(43-48-22-26-51(27-23-48)81-44-58(70)67-34-8-5-9-35-67)65-60(72)57-15-11-37-69(57)84(77,78)53-30-18-46(2)19-31-53/h4,6-7,12-13,16-31,54-57H,5,8-11,14-15,32-44H2,1-3H3,(H,64,71)(H,65,72)/t54-,55-,56-,57-/m0/s1. The molecule has 4 aliphatic rings. The maximum atomic E-state index is 14.9. The molecule has 0 aliphatic carbocycles. The second-order valence-corrected chi connectivity index (χ2v) is 26.0. The summed E-state index contributed by atoms with van der Waals surface area (Å²) in [6, 6.07) is 32.3. The Morgan fingerprint density at radius 3 is 1.52 bits per heavy atom. The van der Waals surface area contributed by atoms with Gasteiger partial charge in [0.25, 0.3) is 5.91 Å². The highest BCUT2D eigenvalue weighted by atomic mass is 32.2. The van der Waals surface area contributed by atoms with E-state index in [4.69, 9.17) is 18.9 Å². The highest BCUT2D eigenvalue weighted by Crippen LogP contribution is 2.38. The number of carbonyl (C=O) groups is 5. The lowest BCUT2D eigenvalue weighted by Gasteiger charge is -2.42. The van der Waals surface area contributed by atoms with E-state index in [0.29, 0.717) is 94.1 Å². The third kappa shape index (κ3) is 15.0. The molecule has 4 saturated heterocycles. The van der Waals surface area contributed by atoms with Crippen LogP contribution in [0.5, 0.6) is 11.5 Å². The van der Waals surface area contributed by atoms with Crippen molar-refractivity contribution in [3.63, 3.8) is 0 Å². The molecule has 4 fully saturated rings. The Hall–Kier alpha value is -7.17. The number of esters is 2. The summed E-state index contributed by atoms with van der Waals surface area (Å²) in [6.45, 7) is 7.32. The SMILES string of the molecule is COC(=O)[C@H](Cc1ccc(OCCN2CCC(OC(=O)[C@H](Cc3ccc(OCC(=O)N4CCCCC4)cc3)NC(=O)[C@@H]3CCCN3S(=O)(=O)c3ccc(C)cc3)(c3ccccc3)CC2)cc1)NC(=O)[C@@H]1CCCN1S(=O)(=O)c1ccc(C)cc1. The van der Waals surface area contributed by atoms with Crippen LogP contribution in [0.4, 0.5) is 0 Å². The van der Waals surface area contributed by atoms with Gasteiger partial charge in [0, 0.05) is 71.5 Å². The molecule has 5 aromatic carbocycles. The number of hydrogen-bond donors (Lipinski definition) is 2. The molecule has 4 aliphatic heterocycles. The quantitative estimate of drug-likeness (QED) is 0.0691. The van der Waals surface area contributed by atoms with Gasteiger partial charge < -0.3 is 34.5 Å². The predicted molar refractivity (Wildman–Crippen MR) is 314 cm³/mol. The molecule has 19 nitrogen and oxygen atoms in total. The van der Waals surface area contributed by atoms with E-state index in [1.165, 1.54) is 40.0 Å². The number of ether oxygens (including phenoxy) is 4. The van der Waals surface area contributed by atoms with Gasteiger partial charge in [-0.2, -0.15) is 8.61 Å². The average Bonchev–Trinajstić information content (AvgIpc) is 2.77. The second kappa shape index (κ2) is 27.7. The number of nitrogens with zero attached hydrogens (tertiary/aromatic N) is 4. The number of benzene rings is 5. The van der Waals surface area contributed by atoms with Crippen LogP contribution >= 0.6 is 0 Å². The van der Waals surface area contributed by atoms with Crippen molar-refractivity contribution in [1.29, 1.82) is 0 Å². The van der Waals surface area contributed by atoms with Crippen molar-refractivity contribution < 1.29 is 59.8 Å². The third-order valence-corrected chi connectivity index (χ3v) is 20.2. The Kier molecular flexibility index (Phi) is 20.2. The van der Waals surface area contributed by atoms with Gasteiger partial charge in [-0.25, -0.2) is 26.4 Å². The lowest BCUT2D eigenvalue weighted by atomic mass is 9.84. The van der Waals surface area contributed by atoms with Crippen LogP contribution in [0.1, 0.15) is 85.6 Å². The van der Waals surface area contributed by atoms with Crippen molar-refractivity contribution in [1.82, 2.24) is 29.0 Å². The monoisotopic (exact) mass is 1190 g/mol. The van der Waals surface area contributed by atoms with Gasteiger partial charge in [0.05, 0.1) is 16.9 Å². The van der Waals surface area contributed by atoms with Gasteiger partial charge in [0.2, 0.25) is 31.9 Å². The number of piperidine rings is 2. The first-order valence-corrected chi connectivity index (χ1v) is 31.9. The Bertz CT molecular complexity index is 3300. The number of carbonyl (C=O) groups excluding carboxylic acids is 5. The van der Waals surface area contributed by atoms with Crippen molar-refractivity contribution in [2.24, 2.45) is 0 Å². The summed E-state index contributed by atoms with van der Waals surface area (Å²) < 4.78 is 81.3. The molecule has 3 amide bonds. The summed E-state index contributed by atoms with van der Waals surface area (Å²) >= 11 is 0. The van der Waals surface area contributed by atoms with Gasteiger partial charge in [0.15, 0.2) is 6.61 Å². The number of sulfonamides is 2. The zero-order valence-corrected chi connectivity index (χ0v) is 49.6. The van der Waals surface area contributed by atoms with E-state index in [1.54, 1.807) is 72.8 Å². The van der Waals surface area contributed by atoms with E-state index in [0.717, 1.165) is 36.0 Å². The van der Waals surface area contributed by atoms with Gasteiger partial charge in [-0.05, 0) is 124 Å². The normalized spacial score (nSPS) is 19.4. The highest BCUT2D eigenvalue weighted by molar-refractivity contribution is 7.89. The van der Waals surface area contributed by atoms with Crippen molar-refractivity contribution in [2.45, 2.75) is 124 Å². The molecule has 9 rings (SSSR count). The summed E-state index contributed by atoms with van der Waals surface area (Å²) in [5, 5.41) is 5.70. The summed E-state index contributed by atoms with van der Waals surface area (Å²) in [4.78, 5) is 73.0. The van der Waals surface area contributed by atoms with Gasteiger partial charge in [-0.3, -0.25) is 19.3 Å². The van der Waals surface area contributed by atoms with Crippen LogP contribution in [-0.2, 0) is 71.9 Å². The van der Waals surface area contributed by atoms with Crippen molar-refractivity contribution in [3.8, 4) is 11.5 Å². The largest absolute Gasteiger partial charge is 0.492 e. The predicted octanol–water partition coefficient (Wildman–Crippen LogP) is 6.24. The molecular formula is C63H76N6O13S2. The zero-order valence-electron chi connectivity index (χ0n) is 48.0. The average molecular weight is 1190 g/mol. The van der Waals surface area contributed by atoms with E-state index >= 15 is 0 Å². The van der Waals surface area contributed by atoms with Crippen LogP contribution in [0.2, 0.25) is 0 Å². The van der Waals surface area contributed by atoms with Gasteiger partial charge >= 0.3 is 11.9 Å². The number of amides is 3. The number of rotatable bonds is 23. The Morgan fingerprint density at radius 2 is 1.04 bits per heavy atom. The molecule has 0 radical (unpaired) electrons. The molecule has 2 N–H and O–H groups in total. The summed E-state index contributed by atoms with van der Waals surface area (Å²) in [6.07, 6.45) is 5.53. The number of likely N-dealkylation sites (tertiary alicyclic amines) is 2. The van der Waals surface area contributed by atoms with Crippen LogP contribution in [0.3, 0.4) is 0 Å². The topological polar surface area (TPSA) is 228 Å². The van der Waals surface area contributed by atoms with Gasteiger partial charge in [-0.15, -0.1) is 0 Å². The number of aryl methyl sites for hydroxylation is 2. The van der Waals surface area contributed by atoms with E-state index in [9.17, 15) is 40.8 Å². The van der Waals surface area contributed by atoms with Gasteiger partial charge in [-0.1, -0.05) is 90.0 Å². The van der Waals surface area contributed by atoms with Crippen LogP contribution in [0.25, 0.3) is 0 Å². The minimum atomic E-state index is -4.05. The fourth-order valence-electron chi connectivity index (χ4n) is 11.5. The fourth-order valence-corrected chi connectivity index (χ4v) is 14.8. The zero-order chi connectivity index (χ0) is 59.4. The molecule has 4 heterocycles. The Balaban J connectivity index is 0.828. The maximum absolute atomic E-state index is 14.9. The highest BCUT2D eigenvalue weighted by Gasteiger charge is 2.45. The maximum Gasteiger partial charge on any atom is 0.329 e. The van der Waals surface area contributed by atoms with E-state index in [2.05, 4.69) is 15.5 Å². The fraction of sp³-hybridized carbons (Fsp3) is 0.444. The summed E-state index contributed by atoms with van der Waals surface area (Å²) in [7, 11) is -6.78. The van der Waals surface area contributed by atoms with Crippen LogP contribution in [-0.4, -0.2) is 155 Å². The molecule has 4 atom stereocenters. The smallest absolute Gasteiger partial charge is 0.329 e. The minimum Gasteiger partial charge on any atom is -0.492 e. The van der Waals surface area contributed by atoms with Crippen molar-refractivity contribution in [3.05, 3.63) is 155 Å². The molecule has 0 spiro atoms. The van der Waals surface area contributed by atoms with E-state index in [1.807, 2.05) is 49.1 Å². The second-order valence-electron chi connectivity index (χ2n) is 22.2. The first-order chi connectivity index (χ1) is 40.4. The molecule has 5 aromatic rings. The molecule has 0 aromatic heterocycles. The lowest BCUT2D eigenvalue weighted by molar-refractivity contribution is -0.170. The molecular weight excluding hydrogens is 1110 g/mol. The molecule has 0 unspecified atom stereocenters.